The highest BCUT2D eigenvalue weighted by Crippen LogP contribution is 2.35. The summed E-state index contributed by atoms with van der Waals surface area (Å²) in [6.45, 7) is 1.10. The summed E-state index contributed by atoms with van der Waals surface area (Å²) < 4.78 is 35.3. The molecule has 2 fully saturated rings. The van der Waals surface area contributed by atoms with Crippen LogP contribution in [0.5, 0.6) is 11.5 Å². The van der Waals surface area contributed by atoms with Crippen molar-refractivity contribution in [2.24, 2.45) is 5.92 Å². The van der Waals surface area contributed by atoms with E-state index in [1.807, 2.05) is 11.0 Å². The molecule has 9 nitrogen and oxygen atoms in total. The minimum atomic E-state index is -0.967. The highest BCUT2D eigenvalue weighted by atomic mass is 19.1. The molecule has 2 aliphatic rings. The van der Waals surface area contributed by atoms with Crippen LogP contribution >= 0.6 is 0 Å². The molecule has 0 spiro atoms. The van der Waals surface area contributed by atoms with E-state index in [-0.39, 0.29) is 17.6 Å². The van der Waals surface area contributed by atoms with Gasteiger partial charge in [-0.2, -0.15) is 10.4 Å². The van der Waals surface area contributed by atoms with Crippen molar-refractivity contribution in [2.75, 3.05) is 12.3 Å². The van der Waals surface area contributed by atoms with Crippen LogP contribution in [0.15, 0.2) is 60.4 Å². The maximum absolute atomic E-state index is 14.0. The topological polar surface area (TPSA) is 126 Å². The number of fused-ring (bicyclic) bond motifs is 1. The largest absolute Gasteiger partial charge is 0.451 e. The van der Waals surface area contributed by atoms with Gasteiger partial charge in [0.1, 0.15) is 29.8 Å². The number of likely N-dealkylation sites (tertiary alicyclic amines) is 1. The van der Waals surface area contributed by atoms with Crippen molar-refractivity contribution in [2.45, 2.75) is 44.5 Å². The predicted octanol–water partition coefficient (Wildman–Crippen LogP) is 4.79. The molecule has 1 saturated heterocycles. The molecule has 1 saturated carbocycles. The first kappa shape index (κ1) is 25.9. The van der Waals surface area contributed by atoms with Gasteiger partial charge < -0.3 is 15.6 Å². The van der Waals surface area contributed by atoms with Crippen molar-refractivity contribution in [3.05, 3.63) is 72.1 Å². The standard InChI is InChI=1S/C29H27F2N7O2/c30-22-4-1-5-23(31)26(22)40-21-10-8-18(9-11-21)25-24-27(33)34-16-35-28(24)38(36-25)15-20-3-2-12-37(20)29(39)19(14-32)13-17-6-7-17/h1,4-5,8-11,13,16-17,20,29,39H,2-3,6-7,12,15H2,(H2,33,34,35)/b19-13-/t20-,29?/m1/s1. The average molecular weight is 544 g/mol. The number of aromatic nitrogens is 4. The van der Waals surface area contributed by atoms with Crippen molar-refractivity contribution in [3.63, 3.8) is 0 Å². The SMILES string of the molecule is N#C/C(=C/C1CC1)C(O)N1CCC[C@@H]1Cn1nc(-c2ccc(Oc3c(F)cccc3F)cc2)c2c(N)ncnc21. The second-order valence-electron chi connectivity index (χ2n) is 10.1. The van der Waals surface area contributed by atoms with Crippen LogP contribution < -0.4 is 10.5 Å². The summed E-state index contributed by atoms with van der Waals surface area (Å²) >= 11 is 0. The summed E-state index contributed by atoms with van der Waals surface area (Å²) in [4.78, 5) is 10.5. The van der Waals surface area contributed by atoms with Gasteiger partial charge in [0.2, 0.25) is 0 Å². The first-order valence-corrected chi connectivity index (χ1v) is 13.2. The Balaban J connectivity index is 1.28. The number of aliphatic hydroxyl groups is 1. The van der Waals surface area contributed by atoms with Crippen LogP contribution in [0.4, 0.5) is 14.6 Å². The van der Waals surface area contributed by atoms with Gasteiger partial charge in [-0.05, 0) is 68.0 Å². The number of anilines is 1. The van der Waals surface area contributed by atoms with Crippen molar-refractivity contribution in [1.29, 1.82) is 5.26 Å². The lowest BCUT2D eigenvalue weighted by Crippen LogP contribution is -2.42. The molecule has 1 unspecified atom stereocenters. The summed E-state index contributed by atoms with van der Waals surface area (Å²) in [6.07, 6.45) is 6.13. The number of nitrogens with zero attached hydrogens (tertiary/aromatic N) is 6. The minimum absolute atomic E-state index is 0.0652. The third kappa shape index (κ3) is 4.99. The van der Waals surface area contributed by atoms with Gasteiger partial charge in [-0.25, -0.2) is 23.4 Å². The Bertz CT molecular complexity index is 1610. The van der Waals surface area contributed by atoms with Crippen molar-refractivity contribution in [3.8, 4) is 28.8 Å². The summed E-state index contributed by atoms with van der Waals surface area (Å²) in [5, 5.41) is 26.1. The van der Waals surface area contributed by atoms with Crippen LogP contribution in [0.25, 0.3) is 22.3 Å². The molecular formula is C29H27F2N7O2. The van der Waals surface area contributed by atoms with Gasteiger partial charge >= 0.3 is 0 Å². The van der Waals surface area contributed by atoms with Gasteiger partial charge in [0.15, 0.2) is 23.0 Å². The Morgan fingerprint density at radius 1 is 1.15 bits per heavy atom. The lowest BCUT2D eigenvalue weighted by atomic mass is 10.1. The Labute approximate surface area is 229 Å². The molecule has 1 aliphatic heterocycles. The molecule has 204 valence electrons. The van der Waals surface area contributed by atoms with Crippen LogP contribution in [0.1, 0.15) is 25.7 Å². The van der Waals surface area contributed by atoms with Crippen LogP contribution in [0, 0.1) is 28.9 Å². The van der Waals surface area contributed by atoms with E-state index in [4.69, 9.17) is 15.6 Å². The van der Waals surface area contributed by atoms with Gasteiger partial charge in [0, 0.05) is 18.2 Å². The monoisotopic (exact) mass is 543 g/mol. The average Bonchev–Trinajstić information content (AvgIpc) is 3.53. The first-order valence-electron chi connectivity index (χ1n) is 13.2. The van der Waals surface area contributed by atoms with E-state index >= 15 is 0 Å². The maximum atomic E-state index is 14.0. The smallest absolute Gasteiger partial charge is 0.198 e. The molecule has 2 aromatic carbocycles. The number of nitrogen functional groups attached to an aromatic ring is 1. The third-order valence-electron chi connectivity index (χ3n) is 7.39. The lowest BCUT2D eigenvalue weighted by Gasteiger charge is -2.29. The van der Waals surface area contributed by atoms with Crippen LogP contribution in [0.3, 0.4) is 0 Å². The Morgan fingerprint density at radius 2 is 1.90 bits per heavy atom. The fourth-order valence-corrected chi connectivity index (χ4v) is 5.19. The molecule has 40 heavy (non-hydrogen) atoms. The van der Waals surface area contributed by atoms with E-state index in [1.54, 1.807) is 28.9 Å². The molecule has 3 N–H and O–H groups in total. The molecule has 11 heteroatoms. The molecule has 0 bridgehead atoms. The second kappa shape index (κ2) is 10.6. The minimum Gasteiger partial charge on any atom is -0.451 e. The van der Waals surface area contributed by atoms with Crippen LogP contribution in [0.2, 0.25) is 0 Å². The van der Waals surface area contributed by atoms with Gasteiger partial charge in [0.25, 0.3) is 0 Å². The fourth-order valence-electron chi connectivity index (χ4n) is 5.19. The number of hydrogen-bond acceptors (Lipinski definition) is 8. The second-order valence-corrected chi connectivity index (χ2v) is 10.1. The molecule has 2 aromatic heterocycles. The normalized spacial score (nSPS) is 18.6. The number of nitriles is 1. The number of hydrogen-bond donors (Lipinski definition) is 2. The molecule has 2 atom stereocenters. The first-order chi connectivity index (χ1) is 19.4. The van der Waals surface area contributed by atoms with E-state index in [2.05, 4.69) is 16.0 Å². The van der Waals surface area contributed by atoms with E-state index < -0.39 is 23.6 Å². The number of benzene rings is 2. The number of ether oxygens (including phenoxy) is 1. The molecule has 6 rings (SSSR count). The van der Waals surface area contributed by atoms with Gasteiger partial charge in [0.05, 0.1) is 23.6 Å². The zero-order valence-corrected chi connectivity index (χ0v) is 21.5. The van der Waals surface area contributed by atoms with Crippen LogP contribution in [-0.4, -0.2) is 48.6 Å². The van der Waals surface area contributed by atoms with Gasteiger partial charge in [-0.3, -0.25) is 4.90 Å². The third-order valence-corrected chi connectivity index (χ3v) is 7.39. The molecule has 0 radical (unpaired) electrons. The number of aliphatic hydroxyl groups excluding tert-OH is 1. The number of para-hydroxylation sites is 1. The van der Waals surface area contributed by atoms with E-state index in [0.717, 1.165) is 37.8 Å². The van der Waals surface area contributed by atoms with Gasteiger partial charge in [-0.15, -0.1) is 0 Å². The Morgan fingerprint density at radius 3 is 2.60 bits per heavy atom. The van der Waals surface area contributed by atoms with Crippen LogP contribution in [-0.2, 0) is 6.54 Å². The Hall–Kier alpha value is -4.40. The molecule has 4 aromatic rings. The zero-order chi connectivity index (χ0) is 27.8. The fraction of sp³-hybridized carbons (Fsp3) is 0.310. The zero-order valence-electron chi connectivity index (χ0n) is 21.5. The summed E-state index contributed by atoms with van der Waals surface area (Å²) in [7, 11) is 0. The highest BCUT2D eigenvalue weighted by molar-refractivity contribution is 5.98. The molecule has 0 amide bonds. The van der Waals surface area contributed by atoms with Crippen molar-refractivity contribution >= 4 is 16.9 Å². The molecular weight excluding hydrogens is 516 g/mol. The van der Waals surface area contributed by atoms with E-state index in [9.17, 15) is 19.1 Å². The van der Waals surface area contributed by atoms with Crippen molar-refractivity contribution in [1.82, 2.24) is 24.6 Å². The van der Waals surface area contributed by atoms with Crippen molar-refractivity contribution < 1.29 is 18.6 Å². The predicted molar refractivity (Wildman–Crippen MR) is 144 cm³/mol. The number of rotatable bonds is 8. The summed E-state index contributed by atoms with van der Waals surface area (Å²) in [6, 6.07) is 12.3. The Kier molecular flexibility index (Phi) is 6.88. The maximum Gasteiger partial charge on any atom is 0.198 e. The number of halogens is 2. The van der Waals surface area contributed by atoms with E-state index in [1.165, 1.54) is 12.4 Å². The number of allylic oxidation sites excluding steroid dienone is 1. The quantitative estimate of drug-likeness (QED) is 0.304. The summed E-state index contributed by atoms with van der Waals surface area (Å²) in [5.74, 6) is -1.17. The van der Waals surface area contributed by atoms with E-state index in [0.29, 0.717) is 46.9 Å². The molecule has 1 aliphatic carbocycles. The number of nitrogens with two attached hydrogens (primary N) is 1. The summed E-state index contributed by atoms with van der Waals surface area (Å²) in [5.41, 5.74) is 8.44. The highest BCUT2D eigenvalue weighted by Gasteiger charge is 2.34. The molecule has 3 heterocycles. The van der Waals surface area contributed by atoms with Gasteiger partial charge in [-0.1, -0.05) is 12.1 Å². The lowest BCUT2D eigenvalue weighted by molar-refractivity contribution is 0.0210.